The molecule has 1 aromatic heterocycles. The summed E-state index contributed by atoms with van der Waals surface area (Å²) in [5.41, 5.74) is 3.53. The van der Waals surface area contributed by atoms with Crippen molar-refractivity contribution in [3.63, 3.8) is 0 Å². The van der Waals surface area contributed by atoms with Crippen LogP contribution in [0.5, 0.6) is 0 Å². The Bertz CT molecular complexity index is 778. The van der Waals surface area contributed by atoms with E-state index in [0.717, 1.165) is 22.0 Å². The quantitative estimate of drug-likeness (QED) is 0.680. The molecule has 0 fully saturated rings. The topological polar surface area (TPSA) is 65.8 Å². The maximum atomic E-state index is 11.7. The van der Waals surface area contributed by atoms with E-state index in [-0.39, 0.29) is 11.7 Å². The average Bonchev–Trinajstić information content (AvgIpc) is 2.53. The molecule has 1 aromatic carbocycles. The average molecular weight is 311 g/mol. The van der Waals surface area contributed by atoms with Crippen molar-refractivity contribution < 1.29 is 4.79 Å². The van der Waals surface area contributed by atoms with Gasteiger partial charge in [0.25, 0.3) is 0 Å². The Balaban J connectivity index is 2.33. The summed E-state index contributed by atoms with van der Waals surface area (Å²) < 4.78 is 0. The molecule has 0 bridgehead atoms. The fraction of sp³-hybridized carbons (Fsp3) is 0.235. The van der Waals surface area contributed by atoms with Crippen LogP contribution < -0.4 is 5.32 Å². The van der Waals surface area contributed by atoms with Crippen LogP contribution >= 0.6 is 11.8 Å². The van der Waals surface area contributed by atoms with Crippen LogP contribution in [0.1, 0.15) is 16.7 Å². The number of aromatic nitrogens is 1. The number of fused-ring (bicyclic) bond motifs is 1. The molecule has 0 saturated heterocycles. The maximum absolute atomic E-state index is 11.7. The lowest BCUT2D eigenvalue weighted by Crippen LogP contribution is -2.25. The van der Waals surface area contributed by atoms with Gasteiger partial charge in [0, 0.05) is 11.9 Å². The normalized spacial score (nSPS) is 10.2. The summed E-state index contributed by atoms with van der Waals surface area (Å²) >= 11 is 1.28. The number of pyridine rings is 1. The van der Waals surface area contributed by atoms with Crippen molar-refractivity contribution in [2.45, 2.75) is 18.9 Å². The number of carbonyl (C=O) groups is 1. The number of nitriles is 1. The van der Waals surface area contributed by atoms with E-state index < -0.39 is 0 Å². The molecule has 0 saturated carbocycles. The third-order valence-corrected chi connectivity index (χ3v) is 4.26. The molecule has 0 aliphatic carbocycles. The minimum atomic E-state index is -0.100. The number of hydrogen-bond donors (Lipinski definition) is 1. The first-order valence-corrected chi connectivity index (χ1v) is 7.86. The van der Waals surface area contributed by atoms with Gasteiger partial charge in [0.1, 0.15) is 11.1 Å². The zero-order valence-electron chi connectivity index (χ0n) is 12.6. The van der Waals surface area contributed by atoms with E-state index in [9.17, 15) is 10.1 Å². The predicted octanol–water partition coefficient (Wildman–Crippen LogP) is 3.12. The molecule has 2 aromatic rings. The molecule has 1 N–H and O–H groups in total. The number of thioether (sulfide) groups is 1. The van der Waals surface area contributed by atoms with Gasteiger partial charge in [-0.3, -0.25) is 4.79 Å². The minimum absolute atomic E-state index is 0.100. The first-order valence-electron chi connectivity index (χ1n) is 6.88. The standard InChI is InChI=1S/C17H17N3OS/c1-4-7-19-15(21)10-22-17-13(9-18)8-14-11(2)5-6-12(3)16(14)20-17/h4-6,8H,1,7,10H2,2-3H3,(H,19,21). The molecule has 0 radical (unpaired) electrons. The summed E-state index contributed by atoms with van der Waals surface area (Å²) in [4.78, 5) is 16.3. The number of nitrogens with one attached hydrogen (secondary N) is 1. The van der Waals surface area contributed by atoms with Crippen LogP contribution in [0, 0.1) is 25.2 Å². The lowest BCUT2D eigenvalue weighted by atomic mass is 10.0. The second kappa shape index (κ2) is 7.10. The van der Waals surface area contributed by atoms with Crippen molar-refractivity contribution in [3.05, 3.63) is 47.5 Å². The molecule has 22 heavy (non-hydrogen) atoms. The van der Waals surface area contributed by atoms with Gasteiger partial charge in [-0.2, -0.15) is 5.26 Å². The number of amides is 1. The lowest BCUT2D eigenvalue weighted by molar-refractivity contribution is -0.118. The molecule has 112 valence electrons. The highest BCUT2D eigenvalue weighted by atomic mass is 32.2. The van der Waals surface area contributed by atoms with E-state index in [1.54, 1.807) is 6.08 Å². The van der Waals surface area contributed by atoms with Crippen LogP contribution in [0.4, 0.5) is 0 Å². The molecule has 0 aliphatic rings. The molecular weight excluding hydrogens is 294 g/mol. The van der Waals surface area contributed by atoms with E-state index >= 15 is 0 Å². The predicted molar refractivity (Wildman–Crippen MR) is 89.9 cm³/mol. The van der Waals surface area contributed by atoms with Crippen LogP contribution in [0.15, 0.2) is 35.9 Å². The second-order valence-corrected chi connectivity index (χ2v) is 5.89. The molecule has 0 spiro atoms. The van der Waals surface area contributed by atoms with Crippen molar-refractivity contribution in [3.8, 4) is 6.07 Å². The fourth-order valence-electron chi connectivity index (χ4n) is 2.08. The van der Waals surface area contributed by atoms with Gasteiger partial charge >= 0.3 is 0 Å². The van der Waals surface area contributed by atoms with E-state index in [0.29, 0.717) is 17.1 Å². The summed E-state index contributed by atoms with van der Waals surface area (Å²) in [6, 6.07) is 8.07. The Morgan fingerprint density at radius 1 is 1.45 bits per heavy atom. The monoisotopic (exact) mass is 311 g/mol. The Kier molecular flexibility index (Phi) is 5.18. The molecule has 0 atom stereocenters. The highest BCUT2D eigenvalue weighted by molar-refractivity contribution is 8.00. The Morgan fingerprint density at radius 2 is 2.18 bits per heavy atom. The summed E-state index contributed by atoms with van der Waals surface area (Å²) in [6.45, 7) is 7.98. The summed E-state index contributed by atoms with van der Waals surface area (Å²) in [5.74, 6) is 0.128. The van der Waals surface area contributed by atoms with Gasteiger partial charge in [-0.25, -0.2) is 4.98 Å². The number of rotatable bonds is 5. The smallest absolute Gasteiger partial charge is 0.230 e. The zero-order valence-corrected chi connectivity index (χ0v) is 13.5. The largest absolute Gasteiger partial charge is 0.352 e. The van der Waals surface area contributed by atoms with Crippen molar-refractivity contribution >= 4 is 28.6 Å². The van der Waals surface area contributed by atoms with Gasteiger partial charge in [-0.05, 0) is 31.0 Å². The van der Waals surface area contributed by atoms with Crippen LogP contribution in [0.3, 0.4) is 0 Å². The highest BCUT2D eigenvalue weighted by Gasteiger charge is 2.12. The number of hydrogen-bond acceptors (Lipinski definition) is 4. The molecule has 1 heterocycles. The third kappa shape index (κ3) is 3.46. The molecule has 2 rings (SSSR count). The van der Waals surface area contributed by atoms with Crippen molar-refractivity contribution in [2.75, 3.05) is 12.3 Å². The third-order valence-electron chi connectivity index (χ3n) is 3.27. The van der Waals surface area contributed by atoms with Gasteiger partial charge < -0.3 is 5.32 Å². The Morgan fingerprint density at radius 3 is 2.86 bits per heavy atom. The van der Waals surface area contributed by atoms with Crippen LogP contribution in [0.2, 0.25) is 0 Å². The number of benzene rings is 1. The van der Waals surface area contributed by atoms with Gasteiger partial charge in [0.05, 0.1) is 16.8 Å². The van der Waals surface area contributed by atoms with Gasteiger partial charge in [-0.1, -0.05) is 30.0 Å². The van der Waals surface area contributed by atoms with Crippen molar-refractivity contribution in [1.29, 1.82) is 5.26 Å². The second-order valence-electron chi connectivity index (χ2n) is 4.93. The van der Waals surface area contributed by atoms with Crippen molar-refractivity contribution in [2.24, 2.45) is 0 Å². The highest BCUT2D eigenvalue weighted by Crippen LogP contribution is 2.27. The van der Waals surface area contributed by atoms with Gasteiger partial charge in [0.2, 0.25) is 5.91 Å². The van der Waals surface area contributed by atoms with E-state index in [2.05, 4.69) is 22.9 Å². The van der Waals surface area contributed by atoms with E-state index in [4.69, 9.17) is 0 Å². The molecule has 5 heteroatoms. The SMILES string of the molecule is C=CCNC(=O)CSc1nc2c(C)ccc(C)c2cc1C#N. The van der Waals surface area contributed by atoms with Gasteiger partial charge in [-0.15, -0.1) is 6.58 Å². The van der Waals surface area contributed by atoms with Crippen LogP contribution in [-0.2, 0) is 4.79 Å². The lowest BCUT2D eigenvalue weighted by Gasteiger charge is -2.09. The van der Waals surface area contributed by atoms with Crippen LogP contribution in [-0.4, -0.2) is 23.2 Å². The number of nitrogens with zero attached hydrogens (tertiary/aromatic N) is 2. The molecule has 1 amide bonds. The molecule has 4 nitrogen and oxygen atoms in total. The molecule has 0 unspecified atom stereocenters. The maximum Gasteiger partial charge on any atom is 0.230 e. The first-order chi connectivity index (χ1) is 10.6. The zero-order chi connectivity index (χ0) is 16.1. The summed E-state index contributed by atoms with van der Waals surface area (Å²) in [7, 11) is 0. The minimum Gasteiger partial charge on any atom is -0.352 e. The van der Waals surface area contributed by atoms with Crippen LogP contribution in [0.25, 0.3) is 10.9 Å². The Hall–Kier alpha value is -2.32. The Labute approximate surface area is 134 Å². The van der Waals surface area contributed by atoms with Gasteiger partial charge in [0.15, 0.2) is 0 Å². The first kappa shape index (κ1) is 16.1. The van der Waals surface area contributed by atoms with Crippen molar-refractivity contribution in [1.82, 2.24) is 10.3 Å². The molecule has 0 aliphatic heterocycles. The summed E-state index contributed by atoms with van der Waals surface area (Å²) in [5, 5.41) is 13.6. The molecular formula is C17H17N3OS. The fourth-order valence-corrected chi connectivity index (χ4v) is 2.86. The van der Waals surface area contributed by atoms with E-state index in [1.165, 1.54) is 11.8 Å². The summed E-state index contributed by atoms with van der Waals surface area (Å²) in [6.07, 6.45) is 1.63. The number of aryl methyl sites for hydroxylation is 2. The van der Waals surface area contributed by atoms with E-state index in [1.807, 2.05) is 32.0 Å². The number of carbonyl (C=O) groups excluding carboxylic acids is 1.